The SMILES string of the molecule is CC1=C(/C=C/C(C)=C/C=C/C(C)=C/C=C/C=C(C)/C=C/C=C(C)/C=C/C2=C(C)C(=O)[C@H](O)CC2(C)C)C(C)(C)CCC1. The van der Waals surface area contributed by atoms with Gasteiger partial charge in [0.1, 0.15) is 6.10 Å². The van der Waals surface area contributed by atoms with Gasteiger partial charge in [-0.1, -0.05) is 141 Å². The van der Waals surface area contributed by atoms with Gasteiger partial charge in [0.25, 0.3) is 0 Å². The van der Waals surface area contributed by atoms with Crippen molar-refractivity contribution in [1.82, 2.24) is 0 Å². The summed E-state index contributed by atoms with van der Waals surface area (Å²) in [5.41, 5.74) is 9.44. The van der Waals surface area contributed by atoms with Crippen molar-refractivity contribution in [2.45, 2.75) is 101 Å². The number of carbonyl (C=O) groups excluding carboxylic acids is 1. The minimum atomic E-state index is -0.892. The van der Waals surface area contributed by atoms with E-state index in [4.69, 9.17) is 0 Å². The molecule has 1 atom stereocenters. The van der Waals surface area contributed by atoms with Crippen molar-refractivity contribution < 1.29 is 9.90 Å². The Morgan fingerprint density at radius 3 is 1.64 bits per heavy atom. The second kappa shape index (κ2) is 15.8. The average Bonchev–Trinajstić information content (AvgIpc) is 2.88. The van der Waals surface area contributed by atoms with Crippen LogP contribution in [0.2, 0.25) is 0 Å². The number of Topliss-reactive ketones (excluding diaryl/α,β-unsaturated/α-hetero) is 1. The Morgan fingerprint density at radius 1 is 0.690 bits per heavy atom. The molecule has 42 heavy (non-hydrogen) atoms. The molecule has 2 aliphatic rings. The standard InChI is InChI=1S/C40H54O2/c1-29(18-13-20-31(3)23-25-35-33(5)22-15-27-39(35,7)8)16-11-12-17-30(2)19-14-21-32(4)24-26-36-34(6)38(42)37(41)28-40(36,9)10/h11-14,16-21,23-26,37,41H,15,22,27-28H2,1-10H3/b12-11+,18-13+,19-14+,25-23+,26-24+,29-16+,30-17+,31-20+,32-21+/t37-/m1/s1. The number of rotatable bonds is 10. The van der Waals surface area contributed by atoms with E-state index < -0.39 is 6.10 Å². The molecule has 0 aromatic carbocycles. The van der Waals surface area contributed by atoms with E-state index in [-0.39, 0.29) is 16.6 Å². The number of hydrogen-bond donors (Lipinski definition) is 1. The molecule has 2 aliphatic carbocycles. The molecule has 0 saturated carbocycles. The van der Waals surface area contributed by atoms with E-state index in [2.05, 4.69) is 122 Å². The molecule has 0 unspecified atom stereocenters. The largest absolute Gasteiger partial charge is 0.385 e. The van der Waals surface area contributed by atoms with Crippen LogP contribution in [0.1, 0.15) is 94.9 Å². The van der Waals surface area contributed by atoms with Gasteiger partial charge < -0.3 is 5.11 Å². The summed E-state index contributed by atoms with van der Waals surface area (Å²) in [6, 6.07) is 0. The number of allylic oxidation sites excluding steroid dienone is 21. The molecule has 0 amide bonds. The Bertz CT molecular complexity index is 1330. The minimum Gasteiger partial charge on any atom is -0.385 e. The molecule has 0 heterocycles. The van der Waals surface area contributed by atoms with Gasteiger partial charge in [-0.25, -0.2) is 0 Å². The van der Waals surface area contributed by atoms with Gasteiger partial charge in [-0.3, -0.25) is 4.79 Å². The van der Waals surface area contributed by atoms with E-state index in [1.165, 1.54) is 41.6 Å². The van der Waals surface area contributed by atoms with E-state index >= 15 is 0 Å². The number of carbonyl (C=O) groups is 1. The first-order valence-electron chi connectivity index (χ1n) is 15.4. The summed E-state index contributed by atoms with van der Waals surface area (Å²) in [6.07, 6.45) is 32.9. The van der Waals surface area contributed by atoms with Crippen LogP contribution in [0.15, 0.2) is 130 Å². The maximum atomic E-state index is 12.2. The predicted molar refractivity (Wildman–Crippen MR) is 183 cm³/mol. The van der Waals surface area contributed by atoms with Crippen LogP contribution in [0, 0.1) is 10.8 Å². The zero-order valence-electron chi connectivity index (χ0n) is 27.8. The summed E-state index contributed by atoms with van der Waals surface area (Å²) in [5, 5.41) is 10.0. The number of aliphatic hydroxyl groups is 1. The van der Waals surface area contributed by atoms with Crippen LogP contribution in [-0.4, -0.2) is 17.0 Å². The summed E-state index contributed by atoms with van der Waals surface area (Å²) >= 11 is 0. The second-order valence-corrected chi connectivity index (χ2v) is 13.4. The first kappa shape index (κ1) is 35.0. The smallest absolute Gasteiger partial charge is 0.187 e. The molecule has 2 heteroatoms. The lowest BCUT2D eigenvalue weighted by atomic mass is 9.71. The van der Waals surface area contributed by atoms with E-state index in [0.29, 0.717) is 12.0 Å². The molecule has 0 aromatic heterocycles. The van der Waals surface area contributed by atoms with Crippen LogP contribution in [0.4, 0.5) is 0 Å². The fraction of sp³-hybridized carbons (Fsp3) is 0.425. The lowest BCUT2D eigenvalue weighted by Crippen LogP contribution is -2.35. The summed E-state index contributed by atoms with van der Waals surface area (Å²) in [5.74, 6) is -0.160. The van der Waals surface area contributed by atoms with Crippen LogP contribution in [0.25, 0.3) is 0 Å². The fourth-order valence-corrected chi connectivity index (χ4v) is 5.71. The number of aliphatic hydroxyl groups excluding tert-OH is 1. The highest BCUT2D eigenvalue weighted by Gasteiger charge is 2.36. The molecular formula is C40H54O2. The molecule has 0 spiro atoms. The summed E-state index contributed by atoms with van der Waals surface area (Å²) < 4.78 is 0. The summed E-state index contributed by atoms with van der Waals surface area (Å²) in [6.45, 7) is 21.4. The van der Waals surface area contributed by atoms with Gasteiger partial charge in [0.15, 0.2) is 5.78 Å². The van der Waals surface area contributed by atoms with Crippen molar-refractivity contribution in [3.63, 3.8) is 0 Å². The first-order chi connectivity index (χ1) is 19.6. The summed E-state index contributed by atoms with van der Waals surface area (Å²) in [7, 11) is 0. The van der Waals surface area contributed by atoms with Crippen molar-refractivity contribution in [3.8, 4) is 0 Å². The highest BCUT2D eigenvalue weighted by atomic mass is 16.3. The highest BCUT2D eigenvalue weighted by molar-refractivity contribution is 6.00. The molecule has 0 aromatic rings. The van der Waals surface area contributed by atoms with Crippen molar-refractivity contribution >= 4 is 5.78 Å². The Balaban J connectivity index is 1.92. The van der Waals surface area contributed by atoms with Gasteiger partial charge in [-0.05, 0) is 94.8 Å². The molecule has 0 aliphatic heterocycles. The molecule has 2 nitrogen and oxygen atoms in total. The Kier molecular flexibility index (Phi) is 13.2. The third-order valence-corrected chi connectivity index (χ3v) is 8.34. The minimum absolute atomic E-state index is 0.160. The van der Waals surface area contributed by atoms with Crippen LogP contribution in [0.5, 0.6) is 0 Å². The third kappa shape index (κ3) is 10.9. The Labute approximate surface area is 256 Å². The molecule has 0 fully saturated rings. The van der Waals surface area contributed by atoms with Crippen molar-refractivity contribution in [2.24, 2.45) is 10.8 Å². The van der Waals surface area contributed by atoms with Crippen molar-refractivity contribution in [1.29, 1.82) is 0 Å². The zero-order chi connectivity index (χ0) is 31.5. The predicted octanol–water partition coefficient (Wildman–Crippen LogP) is 10.8. The molecule has 1 N–H and O–H groups in total. The van der Waals surface area contributed by atoms with Gasteiger partial charge in [0.2, 0.25) is 0 Å². The average molecular weight is 567 g/mol. The fourth-order valence-electron chi connectivity index (χ4n) is 5.71. The lowest BCUT2D eigenvalue weighted by molar-refractivity contribution is -0.125. The monoisotopic (exact) mass is 566 g/mol. The first-order valence-corrected chi connectivity index (χ1v) is 15.4. The molecule has 0 radical (unpaired) electrons. The van der Waals surface area contributed by atoms with Gasteiger partial charge in [-0.2, -0.15) is 0 Å². The maximum absolute atomic E-state index is 12.2. The molecule has 0 saturated heterocycles. The van der Waals surface area contributed by atoms with Gasteiger partial charge in [-0.15, -0.1) is 0 Å². The van der Waals surface area contributed by atoms with E-state index in [1.54, 1.807) is 0 Å². The third-order valence-electron chi connectivity index (χ3n) is 8.34. The summed E-state index contributed by atoms with van der Waals surface area (Å²) in [4.78, 5) is 12.2. The zero-order valence-corrected chi connectivity index (χ0v) is 27.8. The van der Waals surface area contributed by atoms with Gasteiger partial charge in [0.05, 0.1) is 0 Å². The normalized spacial score (nSPS) is 23.3. The van der Waals surface area contributed by atoms with Crippen LogP contribution < -0.4 is 0 Å². The van der Waals surface area contributed by atoms with Gasteiger partial charge in [0, 0.05) is 0 Å². The van der Waals surface area contributed by atoms with Crippen LogP contribution in [-0.2, 0) is 4.79 Å². The Hall–Kier alpha value is -3.23. The van der Waals surface area contributed by atoms with Crippen LogP contribution in [0.3, 0.4) is 0 Å². The van der Waals surface area contributed by atoms with E-state index in [9.17, 15) is 9.90 Å². The van der Waals surface area contributed by atoms with Gasteiger partial charge >= 0.3 is 0 Å². The highest BCUT2D eigenvalue weighted by Crippen LogP contribution is 2.41. The molecular weight excluding hydrogens is 512 g/mol. The number of ketones is 1. The van der Waals surface area contributed by atoms with Crippen molar-refractivity contribution in [3.05, 3.63) is 130 Å². The lowest BCUT2D eigenvalue weighted by Gasteiger charge is -2.34. The maximum Gasteiger partial charge on any atom is 0.187 e. The topological polar surface area (TPSA) is 37.3 Å². The van der Waals surface area contributed by atoms with Crippen molar-refractivity contribution in [2.75, 3.05) is 0 Å². The Morgan fingerprint density at radius 2 is 1.14 bits per heavy atom. The molecule has 2 rings (SSSR count). The number of hydrogen-bond acceptors (Lipinski definition) is 2. The van der Waals surface area contributed by atoms with Crippen LogP contribution >= 0.6 is 0 Å². The second-order valence-electron chi connectivity index (χ2n) is 13.4. The van der Waals surface area contributed by atoms with E-state index in [1.807, 2.05) is 32.1 Å². The molecule has 0 bridgehead atoms. The quantitative estimate of drug-likeness (QED) is 0.267. The van der Waals surface area contributed by atoms with E-state index in [0.717, 1.165) is 16.7 Å². The molecule has 226 valence electrons.